The van der Waals surface area contributed by atoms with Crippen LogP contribution in [0.15, 0.2) is 42.9 Å². The Labute approximate surface area is 94.1 Å². The van der Waals surface area contributed by atoms with Gasteiger partial charge in [0.2, 0.25) is 0 Å². The van der Waals surface area contributed by atoms with Crippen molar-refractivity contribution in [3.05, 3.63) is 48.4 Å². The predicted molar refractivity (Wildman–Crippen MR) is 61.3 cm³/mol. The molecule has 0 unspecified atom stereocenters. The molecule has 16 heavy (non-hydrogen) atoms. The lowest BCUT2D eigenvalue weighted by atomic mass is 10.1. The predicted octanol–water partition coefficient (Wildman–Crippen LogP) is 1.58. The molecule has 1 aromatic heterocycles. The van der Waals surface area contributed by atoms with E-state index in [0.717, 1.165) is 17.7 Å². The topological polar surface area (TPSA) is 61.0 Å². The molecular weight excluding hydrogens is 202 g/mol. The van der Waals surface area contributed by atoms with Crippen LogP contribution in [0.4, 0.5) is 0 Å². The van der Waals surface area contributed by atoms with E-state index < -0.39 is 0 Å². The van der Waals surface area contributed by atoms with Crippen LogP contribution in [-0.2, 0) is 11.3 Å². The zero-order valence-electron chi connectivity index (χ0n) is 8.84. The Kier molecular flexibility index (Phi) is 3.58. The molecule has 1 heterocycles. The van der Waals surface area contributed by atoms with Crippen molar-refractivity contribution in [1.29, 1.82) is 0 Å². The van der Waals surface area contributed by atoms with Crippen LogP contribution in [-0.4, -0.2) is 16.6 Å². The minimum absolute atomic E-state index is 0.532. The van der Waals surface area contributed by atoms with Crippen LogP contribution in [0.3, 0.4) is 0 Å². The average molecular weight is 215 g/mol. The van der Waals surface area contributed by atoms with Gasteiger partial charge < -0.3 is 4.84 Å². The van der Waals surface area contributed by atoms with E-state index in [0.29, 0.717) is 6.61 Å². The smallest absolute Gasteiger partial charge is 0.0885 e. The molecule has 1 aromatic carbocycles. The summed E-state index contributed by atoms with van der Waals surface area (Å²) < 4.78 is 0. The third kappa shape index (κ3) is 2.62. The van der Waals surface area contributed by atoms with E-state index in [1.54, 1.807) is 18.6 Å². The van der Waals surface area contributed by atoms with Gasteiger partial charge in [-0.3, -0.25) is 9.97 Å². The zero-order valence-corrected chi connectivity index (χ0v) is 8.84. The number of nitrogens with two attached hydrogens (primary N) is 1. The summed E-state index contributed by atoms with van der Waals surface area (Å²) in [5.74, 6) is 4.98. The van der Waals surface area contributed by atoms with Crippen molar-refractivity contribution in [1.82, 2.24) is 9.97 Å². The van der Waals surface area contributed by atoms with Crippen molar-refractivity contribution >= 4 is 0 Å². The van der Waals surface area contributed by atoms with E-state index in [1.807, 2.05) is 24.3 Å². The van der Waals surface area contributed by atoms with Crippen LogP contribution in [0.5, 0.6) is 0 Å². The van der Waals surface area contributed by atoms with Crippen LogP contribution in [0.2, 0.25) is 0 Å². The second-order valence-corrected chi connectivity index (χ2v) is 3.41. The van der Waals surface area contributed by atoms with Gasteiger partial charge in [-0.25, -0.2) is 5.90 Å². The summed E-state index contributed by atoms with van der Waals surface area (Å²) in [6.45, 7) is 0.532. The van der Waals surface area contributed by atoms with Crippen molar-refractivity contribution < 1.29 is 4.84 Å². The first-order valence-corrected chi connectivity index (χ1v) is 5.07. The molecular formula is C12H13N3O. The summed E-state index contributed by atoms with van der Waals surface area (Å²) in [5, 5.41) is 0. The Hall–Kier alpha value is -1.78. The van der Waals surface area contributed by atoms with Gasteiger partial charge in [-0.2, -0.15) is 0 Å². The van der Waals surface area contributed by atoms with Gasteiger partial charge in [0, 0.05) is 18.0 Å². The number of nitrogens with zero attached hydrogens (tertiary/aromatic N) is 2. The molecule has 0 aliphatic carbocycles. The molecule has 0 amide bonds. The highest BCUT2D eigenvalue weighted by atomic mass is 16.6. The van der Waals surface area contributed by atoms with E-state index in [4.69, 9.17) is 5.90 Å². The molecule has 2 rings (SSSR count). The van der Waals surface area contributed by atoms with Crippen molar-refractivity contribution in [3.8, 4) is 11.3 Å². The molecule has 0 saturated carbocycles. The van der Waals surface area contributed by atoms with E-state index in [2.05, 4.69) is 14.8 Å². The highest BCUT2D eigenvalue weighted by Crippen LogP contribution is 2.16. The van der Waals surface area contributed by atoms with E-state index in [1.165, 1.54) is 5.56 Å². The van der Waals surface area contributed by atoms with Crippen molar-refractivity contribution in [2.75, 3.05) is 6.61 Å². The first-order chi connectivity index (χ1) is 7.90. The largest absolute Gasteiger partial charge is 0.304 e. The molecule has 82 valence electrons. The maximum Gasteiger partial charge on any atom is 0.0885 e. The van der Waals surface area contributed by atoms with Gasteiger partial charge in [0.15, 0.2) is 0 Å². The number of benzene rings is 1. The molecule has 0 fully saturated rings. The number of rotatable bonds is 4. The summed E-state index contributed by atoms with van der Waals surface area (Å²) >= 11 is 0. The lowest BCUT2D eigenvalue weighted by Crippen LogP contribution is -2.03. The molecule has 4 heteroatoms. The summed E-state index contributed by atoms with van der Waals surface area (Å²) in [6, 6.07) is 8.14. The summed E-state index contributed by atoms with van der Waals surface area (Å²) in [5.41, 5.74) is 3.13. The molecule has 0 spiro atoms. The minimum atomic E-state index is 0.532. The van der Waals surface area contributed by atoms with Gasteiger partial charge in [0.1, 0.15) is 0 Å². The highest BCUT2D eigenvalue weighted by Gasteiger charge is 1.98. The van der Waals surface area contributed by atoms with Crippen LogP contribution < -0.4 is 5.90 Å². The van der Waals surface area contributed by atoms with Gasteiger partial charge in [-0.1, -0.05) is 24.3 Å². The number of aromatic nitrogens is 2. The summed E-state index contributed by atoms with van der Waals surface area (Å²) in [4.78, 5) is 12.8. The monoisotopic (exact) mass is 215 g/mol. The van der Waals surface area contributed by atoms with Crippen molar-refractivity contribution in [2.24, 2.45) is 5.90 Å². The normalized spacial score (nSPS) is 10.3. The fourth-order valence-corrected chi connectivity index (χ4v) is 1.47. The quantitative estimate of drug-likeness (QED) is 0.786. The van der Waals surface area contributed by atoms with Gasteiger partial charge in [0.05, 0.1) is 18.5 Å². The Bertz CT molecular complexity index is 428. The maximum absolute atomic E-state index is 4.98. The van der Waals surface area contributed by atoms with Crippen LogP contribution >= 0.6 is 0 Å². The lowest BCUT2D eigenvalue weighted by Gasteiger charge is -2.02. The SMILES string of the molecule is NOCCc1ccc(-c2cnccn2)cc1. The molecule has 0 radical (unpaired) electrons. The molecule has 2 N–H and O–H groups in total. The molecule has 0 aliphatic heterocycles. The fraction of sp³-hybridized carbons (Fsp3) is 0.167. The summed E-state index contributed by atoms with van der Waals surface area (Å²) in [7, 11) is 0. The average Bonchev–Trinajstić information content (AvgIpc) is 2.38. The van der Waals surface area contributed by atoms with E-state index in [9.17, 15) is 0 Å². The standard InChI is InChI=1S/C12H13N3O/c13-16-8-5-10-1-3-11(4-2-10)12-9-14-6-7-15-12/h1-4,6-7,9H,5,8,13H2. The molecule has 0 saturated heterocycles. The second-order valence-electron chi connectivity index (χ2n) is 3.41. The van der Waals surface area contributed by atoms with Crippen molar-refractivity contribution in [3.63, 3.8) is 0 Å². The summed E-state index contributed by atoms with van der Waals surface area (Å²) in [6.07, 6.45) is 5.91. The van der Waals surface area contributed by atoms with Crippen LogP contribution in [0.25, 0.3) is 11.3 Å². The highest BCUT2D eigenvalue weighted by molar-refractivity contribution is 5.58. The third-order valence-electron chi connectivity index (χ3n) is 2.32. The van der Waals surface area contributed by atoms with Crippen LogP contribution in [0, 0.1) is 0 Å². The Morgan fingerprint density at radius 3 is 2.56 bits per heavy atom. The molecule has 0 bridgehead atoms. The first-order valence-electron chi connectivity index (χ1n) is 5.07. The third-order valence-corrected chi connectivity index (χ3v) is 2.32. The molecule has 0 aliphatic rings. The maximum atomic E-state index is 4.98. The number of hydrogen-bond acceptors (Lipinski definition) is 4. The van der Waals surface area contributed by atoms with Gasteiger partial charge >= 0.3 is 0 Å². The Balaban J connectivity index is 2.13. The lowest BCUT2D eigenvalue weighted by molar-refractivity contribution is 0.141. The van der Waals surface area contributed by atoms with Gasteiger partial charge in [-0.15, -0.1) is 0 Å². The van der Waals surface area contributed by atoms with Gasteiger partial charge in [-0.05, 0) is 12.0 Å². The Morgan fingerprint density at radius 1 is 1.12 bits per heavy atom. The van der Waals surface area contributed by atoms with Gasteiger partial charge in [0.25, 0.3) is 0 Å². The second kappa shape index (κ2) is 5.34. The first kappa shape index (κ1) is 10.7. The van der Waals surface area contributed by atoms with Crippen molar-refractivity contribution in [2.45, 2.75) is 6.42 Å². The Morgan fingerprint density at radius 2 is 1.94 bits per heavy atom. The fourth-order valence-electron chi connectivity index (χ4n) is 1.47. The number of hydrogen-bond donors (Lipinski definition) is 1. The van der Waals surface area contributed by atoms with E-state index in [-0.39, 0.29) is 0 Å². The molecule has 0 atom stereocenters. The van der Waals surface area contributed by atoms with Crippen LogP contribution in [0.1, 0.15) is 5.56 Å². The van der Waals surface area contributed by atoms with E-state index >= 15 is 0 Å². The molecule has 4 nitrogen and oxygen atoms in total. The minimum Gasteiger partial charge on any atom is -0.304 e. The molecule has 2 aromatic rings. The zero-order chi connectivity index (χ0) is 11.2.